The molecule has 5 atom stereocenters. The van der Waals surface area contributed by atoms with Gasteiger partial charge in [-0.15, -0.1) is 0 Å². The van der Waals surface area contributed by atoms with Crippen LogP contribution in [-0.2, 0) is 50.1 Å². The molecule has 5 aromatic carbocycles. The SMILES string of the molecule is Clc1nc2ccccc2nc1OC1O[C@H](COCc2ccccc2)[C@@H](OCc2ccccc2)[C@H](OCc2ccccc2)[C@H]1OCc1ccccc1. The Kier molecular flexibility index (Phi) is 11.9. The molecule has 0 bridgehead atoms. The number of nitrogens with zero attached hydrogens (tertiary/aromatic N) is 2. The van der Waals surface area contributed by atoms with E-state index in [9.17, 15) is 0 Å². The monoisotopic (exact) mass is 702 g/mol. The van der Waals surface area contributed by atoms with Crippen LogP contribution < -0.4 is 4.74 Å². The van der Waals surface area contributed by atoms with Crippen molar-refractivity contribution < 1.29 is 28.4 Å². The molecule has 1 unspecified atom stereocenters. The molecule has 1 aromatic heterocycles. The van der Waals surface area contributed by atoms with E-state index in [1.807, 2.05) is 146 Å². The summed E-state index contributed by atoms with van der Waals surface area (Å²) in [5.41, 5.74) is 5.34. The molecule has 0 amide bonds. The molecule has 0 radical (unpaired) electrons. The Balaban J connectivity index is 1.24. The number of aromatic nitrogens is 2. The molecule has 9 heteroatoms. The first-order valence-corrected chi connectivity index (χ1v) is 17.4. The number of hydrogen-bond acceptors (Lipinski definition) is 8. The molecule has 0 spiro atoms. The van der Waals surface area contributed by atoms with Gasteiger partial charge in [0.1, 0.15) is 24.4 Å². The highest BCUT2D eigenvalue weighted by atomic mass is 35.5. The third kappa shape index (κ3) is 9.36. The van der Waals surface area contributed by atoms with E-state index in [2.05, 4.69) is 4.98 Å². The van der Waals surface area contributed by atoms with Gasteiger partial charge in [0.25, 0.3) is 5.88 Å². The summed E-state index contributed by atoms with van der Waals surface area (Å²) >= 11 is 6.68. The molecule has 0 N–H and O–H groups in total. The number of rotatable bonds is 15. The van der Waals surface area contributed by atoms with E-state index in [-0.39, 0.29) is 24.2 Å². The third-order valence-electron chi connectivity index (χ3n) is 8.57. The summed E-state index contributed by atoms with van der Waals surface area (Å²) in [6.45, 7) is 1.50. The highest BCUT2D eigenvalue weighted by Crippen LogP contribution is 2.34. The molecular weight excluding hydrogens is 664 g/mol. The highest BCUT2D eigenvalue weighted by molar-refractivity contribution is 6.31. The summed E-state index contributed by atoms with van der Waals surface area (Å²) in [7, 11) is 0. The number of halogens is 1. The van der Waals surface area contributed by atoms with Gasteiger partial charge >= 0.3 is 0 Å². The Labute approximate surface area is 302 Å². The molecule has 1 saturated heterocycles. The van der Waals surface area contributed by atoms with Gasteiger partial charge in [-0.2, -0.15) is 0 Å². The minimum atomic E-state index is -1.01. The third-order valence-corrected chi connectivity index (χ3v) is 8.81. The Morgan fingerprint density at radius 3 is 1.45 bits per heavy atom. The Morgan fingerprint density at radius 1 is 0.490 bits per heavy atom. The van der Waals surface area contributed by atoms with E-state index in [1.165, 1.54) is 0 Å². The van der Waals surface area contributed by atoms with Gasteiger partial charge in [-0.3, -0.25) is 0 Å². The van der Waals surface area contributed by atoms with Crippen molar-refractivity contribution in [2.45, 2.75) is 57.1 Å². The van der Waals surface area contributed by atoms with Crippen LogP contribution in [0.3, 0.4) is 0 Å². The second-order valence-electron chi connectivity index (χ2n) is 12.3. The second kappa shape index (κ2) is 17.5. The average molecular weight is 703 g/mol. The first kappa shape index (κ1) is 34.8. The molecule has 0 aliphatic carbocycles. The van der Waals surface area contributed by atoms with Crippen LogP contribution in [0, 0.1) is 0 Å². The first-order chi connectivity index (χ1) is 25.2. The zero-order chi connectivity index (χ0) is 34.7. The van der Waals surface area contributed by atoms with Crippen LogP contribution in [0.15, 0.2) is 146 Å². The predicted molar refractivity (Wildman–Crippen MR) is 195 cm³/mol. The van der Waals surface area contributed by atoms with Gasteiger partial charge in [0, 0.05) is 0 Å². The van der Waals surface area contributed by atoms with E-state index in [0.29, 0.717) is 30.9 Å². The Morgan fingerprint density at radius 2 is 0.922 bits per heavy atom. The number of hydrogen-bond donors (Lipinski definition) is 0. The summed E-state index contributed by atoms with van der Waals surface area (Å²) in [5.74, 6) is 0.128. The molecular formula is C42H39ClN2O6. The quantitative estimate of drug-likeness (QED) is 0.106. The topological polar surface area (TPSA) is 81.2 Å². The van der Waals surface area contributed by atoms with Crippen molar-refractivity contribution in [1.82, 2.24) is 9.97 Å². The van der Waals surface area contributed by atoms with Crippen LogP contribution in [0.1, 0.15) is 22.3 Å². The second-order valence-corrected chi connectivity index (χ2v) is 12.6. The lowest BCUT2D eigenvalue weighted by Gasteiger charge is -2.45. The van der Waals surface area contributed by atoms with Crippen LogP contribution in [0.4, 0.5) is 0 Å². The smallest absolute Gasteiger partial charge is 0.255 e. The summed E-state index contributed by atoms with van der Waals surface area (Å²) in [4.78, 5) is 9.24. The van der Waals surface area contributed by atoms with E-state index >= 15 is 0 Å². The summed E-state index contributed by atoms with van der Waals surface area (Å²) < 4.78 is 39.8. The molecule has 51 heavy (non-hydrogen) atoms. The zero-order valence-electron chi connectivity index (χ0n) is 28.0. The lowest BCUT2D eigenvalue weighted by Crippen LogP contribution is -2.62. The maximum Gasteiger partial charge on any atom is 0.255 e. The lowest BCUT2D eigenvalue weighted by molar-refractivity contribution is -0.310. The minimum Gasteiger partial charge on any atom is -0.442 e. The van der Waals surface area contributed by atoms with Gasteiger partial charge in [-0.1, -0.05) is 145 Å². The maximum atomic E-state index is 6.80. The van der Waals surface area contributed by atoms with Crippen LogP contribution >= 0.6 is 11.6 Å². The number of ether oxygens (including phenoxy) is 6. The molecule has 2 heterocycles. The zero-order valence-corrected chi connectivity index (χ0v) is 28.8. The number of para-hydroxylation sites is 2. The fraction of sp³-hybridized carbons (Fsp3) is 0.238. The lowest BCUT2D eigenvalue weighted by atomic mass is 9.97. The van der Waals surface area contributed by atoms with Crippen molar-refractivity contribution in [2.75, 3.05) is 6.61 Å². The summed E-state index contributed by atoms with van der Waals surface area (Å²) in [5, 5.41) is 0.111. The molecule has 7 rings (SSSR count). The van der Waals surface area contributed by atoms with E-state index in [0.717, 1.165) is 22.3 Å². The standard InChI is InChI=1S/C42H39ClN2O6/c43-40-41(45-35-24-14-13-23-34(35)44-40)51-42-39(49-28-33-21-11-4-12-22-33)38(48-27-32-19-9-3-10-20-32)37(47-26-31-17-7-2-8-18-31)36(50-42)29-46-25-30-15-5-1-6-16-30/h1-24,36-39,42H,25-29H2/t36-,37-,38+,39-,42?/m1/s1. The van der Waals surface area contributed by atoms with Crippen LogP contribution in [0.5, 0.6) is 5.88 Å². The van der Waals surface area contributed by atoms with Gasteiger partial charge in [-0.05, 0) is 34.4 Å². The van der Waals surface area contributed by atoms with Crippen molar-refractivity contribution in [3.63, 3.8) is 0 Å². The van der Waals surface area contributed by atoms with E-state index in [1.54, 1.807) is 0 Å². The molecule has 6 aromatic rings. The van der Waals surface area contributed by atoms with Crippen molar-refractivity contribution in [1.29, 1.82) is 0 Å². The molecule has 0 saturated carbocycles. The van der Waals surface area contributed by atoms with Crippen molar-refractivity contribution in [2.24, 2.45) is 0 Å². The molecule has 1 aliphatic rings. The average Bonchev–Trinajstić information content (AvgIpc) is 3.18. The van der Waals surface area contributed by atoms with Gasteiger partial charge < -0.3 is 28.4 Å². The summed E-state index contributed by atoms with van der Waals surface area (Å²) in [6, 6.07) is 47.5. The maximum absolute atomic E-state index is 6.80. The first-order valence-electron chi connectivity index (χ1n) is 17.0. The van der Waals surface area contributed by atoms with Crippen molar-refractivity contribution >= 4 is 22.6 Å². The molecule has 1 aliphatic heterocycles. The fourth-order valence-corrected chi connectivity index (χ4v) is 6.17. The normalized spacial score (nSPS) is 20.3. The molecule has 1 fully saturated rings. The van der Waals surface area contributed by atoms with Crippen molar-refractivity contribution in [3.05, 3.63) is 173 Å². The van der Waals surface area contributed by atoms with Crippen LogP contribution in [0.25, 0.3) is 11.0 Å². The van der Waals surface area contributed by atoms with E-state index in [4.69, 9.17) is 45.0 Å². The van der Waals surface area contributed by atoms with Gasteiger partial charge in [0.2, 0.25) is 6.29 Å². The van der Waals surface area contributed by atoms with E-state index < -0.39 is 30.7 Å². The number of fused-ring (bicyclic) bond motifs is 1. The van der Waals surface area contributed by atoms with Crippen LogP contribution in [0.2, 0.25) is 5.15 Å². The van der Waals surface area contributed by atoms with Crippen LogP contribution in [-0.4, -0.2) is 47.3 Å². The largest absolute Gasteiger partial charge is 0.442 e. The Bertz CT molecular complexity index is 1940. The Hall–Kier alpha value is -4.67. The summed E-state index contributed by atoms with van der Waals surface area (Å²) in [6.07, 6.45) is -3.67. The highest BCUT2D eigenvalue weighted by Gasteiger charge is 2.50. The molecule has 8 nitrogen and oxygen atoms in total. The minimum absolute atomic E-state index is 0.111. The van der Waals surface area contributed by atoms with Gasteiger partial charge in [0.15, 0.2) is 5.15 Å². The van der Waals surface area contributed by atoms with Gasteiger partial charge in [-0.25, -0.2) is 9.97 Å². The number of benzene rings is 5. The van der Waals surface area contributed by atoms with Gasteiger partial charge in [0.05, 0.1) is 44.1 Å². The fourth-order valence-electron chi connectivity index (χ4n) is 5.99. The predicted octanol–water partition coefficient (Wildman–Crippen LogP) is 8.36. The van der Waals surface area contributed by atoms with Crippen molar-refractivity contribution in [3.8, 4) is 5.88 Å². The molecule has 260 valence electrons.